The maximum absolute atomic E-state index is 12.5. The van der Waals surface area contributed by atoms with Gasteiger partial charge in [-0.05, 0) is 34.5 Å². The Morgan fingerprint density at radius 3 is 2.29 bits per heavy atom. The van der Waals surface area contributed by atoms with E-state index in [0.717, 1.165) is 20.8 Å². The Balaban J connectivity index is 2.00. The van der Waals surface area contributed by atoms with Gasteiger partial charge in [0.05, 0.1) is 4.86 Å². The average Bonchev–Trinajstić information content (AvgIpc) is 2.53. The van der Waals surface area contributed by atoms with Crippen molar-refractivity contribution < 1.29 is 4.79 Å². The van der Waals surface area contributed by atoms with E-state index in [-0.39, 0.29) is 5.78 Å². The molecule has 3 heteroatoms. The molecule has 0 bridgehead atoms. The zero-order valence-electron chi connectivity index (χ0n) is 11.0. The van der Waals surface area contributed by atoms with Gasteiger partial charge < -0.3 is 0 Å². The molecule has 0 aliphatic rings. The SMILES string of the molecule is O=C(C(=S)c1ccc2ccccc2c1)c1ccccc1Br. The quantitative estimate of drug-likeness (QED) is 0.474. The van der Waals surface area contributed by atoms with Gasteiger partial charge in [-0.3, -0.25) is 4.79 Å². The van der Waals surface area contributed by atoms with E-state index in [1.165, 1.54) is 0 Å². The number of benzene rings is 3. The van der Waals surface area contributed by atoms with Crippen molar-refractivity contribution in [2.24, 2.45) is 0 Å². The summed E-state index contributed by atoms with van der Waals surface area (Å²) in [6.45, 7) is 0. The second-order valence-electron chi connectivity index (χ2n) is 4.70. The van der Waals surface area contributed by atoms with Crippen molar-refractivity contribution in [1.82, 2.24) is 0 Å². The van der Waals surface area contributed by atoms with Gasteiger partial charge in [0, 0.05) is 10.0 Å². The molecule has 0 saturated carbocycles. The fraction of sp³-hybridized carbons (Fsp3) is 0. The first-order valence-electron chi connectivity index (χ1n) is 6.49. The maximum Gasteiger partial charge on any atom is 0.205 e. The van der Waals surface area contributed by atoms with Crippen LogP contribution in [0.15, 0.2) is 71.2 Å². The fourth-order valence-corrected chi connectivity index (χ4v) is 2.93. The van der Waals surface area contributed by atoms with Crippen LogP contribution in [0.5, 0.6) is 0 Å². The molecule has 1 nitrogen and oxygen atoms in total. The number of ketones is 1. The van der Waals surface area contributed by atoms with Crippen LogP contribution in [0.2, 0.25) is 0 Å². The van der Waals surface area contributed by atoms with Crippen LogP contribution in [0.25, 0.3) is 10.8 Å². The van der Waals surface area contributed by atoms with Gasteiger partial charge in [-0.1, -0.05) is 76.7 Å². The molecule has 0 unspecified atom stereocenters. The molecule has 3 rings (SSSR count). The third-order valence-corrected chi connectivity index (χ3v) is 4.45. The van der Waals surface area contributed by atoms with Gasteiger partial charge in [-0.15, -0.1) is 0 Å². The largest absolute Gasteiger partial charge is 0.288 e. The summed E-state index contributed by atoms with van der Waals surface area (Å²) in [6, 6.07) is 21.2. The highest BCUT2D eigenvalue weighted by atomic mass is 79.9. The van der Waals surface area contributed by atoms with Gasteiger partial charge in [-0.25, -0.2) is 0 Å². The molecule has 0 atom stereocenters. The van der Waals surface area contributed by atoms with Crippen LogP contribution < -0.4 is 0 Å². The van der Waals surface area contributed by atoms with Gasteiger partial charge >= 0.3 is 0 Å². The molecule has 0 aromatic heterocycles. The molecule has 0 aliphatic heterocycles. The molecule has 0 amide bonds. The molecule has 0 radical (unpaired) electrons. The van der Waals surface area contributed by atoms with E-state index in [9.17, 15) is 4.79 Å². The molecule has 0 N–H and O–H groups in total. The Morgan fingerprint density at radius 2 is 1.52 bits per heavy atom. The van der Waals surface area contributed by atoms with Crippen LogP contribution in [0, 0.1) is 0 Å². The Hall–Kier alpha value is -1.84. The highest BCUT2D eigenvalue weighted by Gasteiger charge is 2.16. The number of thiocarbonyl (C=S) groups is 1. The van der Waals surface area contributed by atoms with E-state index in [1.807, 2.05) is 60.7 Å². The second kappa shape index (κ2) is 5.88. The van der Waals surface area contributed by atoms with Crippen molar-refractivity contribution in [3.05, 3.63) is 82.3 Å². The maximum atomic E-state index is 12.5. The number of hydrogen-bond acceptors (Lipinski definition) is 2. The van der Waals surface area contributed by atoms with Crippen molar-refractivity contribution in [2.45, 2.75) is 0 Å². The predicted molar refractivity (Wildman–Crippen MR) is 94.1 cm³/mol. The van der Waals surface area contributed by atoms with Gasteiger partial charge in [0.1, 0.15) is 0 Å². The van der Waals surface area contributed by atoms with Crippen LogP contribution in [0.1, 0.15) is 15.9 Å². The first-order chi connectivity index (χ1) is 10.2. The van der Waals surface area contributed by atoms with E-state index < -0.39 is 0 Å². The van der Waals surface area contributed by atoms with Crippen LogP contribution >= 0.6 is 28.1 Å². The number of rotatable bonds is 3. The number of carbonyl (C=O) groups is 1. The Morgan fingerprint density at radius 1 is 0.857 bits per heavy atom. The van der Waals surface area contributed by atoms with Crippen LogP contribution in [-0.2, 0) is 0 Å². The molecule has 0 spiro atoms. The summed E-state index contributed by atoms with van der Waals surface area (Å²) >= 11 is 8.77. The number of fused-ring (bicyclic) bond motifs is 1. The normalized spacial score (nSPS) is 10.5. The fourth-order valence-electron chi connectivity index (χ4n) is 2.23. The second-order valence-corrected chi connectivity index (χ2v) is 5.96. The molecule has 0 aliphatic carbocycles. The minimum absolute atomic E-state index is 0.132. The third-order valence-electron chi connectivity index (χ3n) is 3.34. The summed E-state index contributed by atoms with van der Waals surface area (Å²) in [5.41, 5.74) is 1.38. The van der Waals surface area contributed by atoms with Crippen LogP contribution in [0.4, 0.5) is 0 Å². The van der Waals surface area contributed by atoms with Gasteiger partial charge in [0.2, 0.25) is 5.78 Å². The zero-order chi connectivity index (χ0) is 14.8. The van der Waals surface area contributed by atoms with Crippen molar-refractivity contribution in [3.63, 3.8) is 0 Å². The molecule has 3 aromatic carbocycles. The first-order valence-corrected chi connectivity index (χ1v) is 7.69. The number of hydrogen-bond donors (Lipinski definition) is 0. The van der Waals surface area contributed by atoms with E-state index in [4.69, 9.17) is 12.2 Å². The standard InChI is InChI=1S/C18H11BrOS/c19-16-8-4-3-7-15(16)17(20)18(21)14-10-9-12-5-1-2-6-13(12)11-14/h1-11H. The van der Waals surface area contributed by atoms with E-state index in [0.29, 0.717) is 10.4 Å². The van der Waals surface area contributed by atoms with Crippen molar-refractivity contribution in [3.8, 4) is 0 Å². The predicted octanol–water partition coefficient (Wildman–Crippen LogP) is 5.20. The third kappa shape index (κ3) is 2.80. The average molecular weight is 355 g/mol. The van der Waals surface area contributed by atoms with E-state index >= 15 is 0 Å². The number of carbonyl (C=O) groups excluding carboxylic acids is 1. The Kier molecular flexibility index (Phi) is 3.95. The summed E-state index contributed by atoms with van der Waals surface area (Å²) in [6.07, 6.45) is 0. The summed E-state index contributed by atoms with van der Waals surface area (Å²) in [5.74, 6) is -0.132. The van der Waals surface area contributed by atoms with Gasteiger partial charge in [-0.2, -0.15) is 0 Å². The lowest BCUT2D eigenvalue weighted by atomic mass is 10.00. The minimum Gasteiger partial charge on any atom is -0.288 e. The summed E-state index contributed by atoms with van der Waals surface area (Å²) in [7, 11) is 0. The molecule has 0 heterocycles. The first kappa shape index (κ1) is 14.1. The van der Waals surface area contributed by atoms with Crippen molar-refractivity contribution >= 4 is 49.6 Å². The highest BCUT2D eigenvalue weighted by molar-refractivity contribution is 9.10. The summed E-state index contributed by atoms with van der Waals surface area (Å²) in [4.78, 5) is 12.9. The summed E-state index contributed by atoms with van der Waals surface area (Å²) in [5, 5.41) is 2.22. The van der Waals surface area contributed by atoms with E-state index in [2.05, 4.69) is 15.9 Å². The minimum atomic E-state index is -0.132. The lowest BCUT2D eigenvalue weighted by molar-refractivity contribution is 0.106. The zero-order valence-corrected chi connectivity index (χ0v) is 13.4. The molecule has 3 aromatic rings. The van der Waals surface area contributed by atoms with E-state index in [1.54, 1.807) is 6.07 Å². The number of Topliss-reactive ketones (excluding diaryl/α,β-unsaturated/α-hetero) is 1. The topological polar surface area (TPSA) is 17.1 Å². The van der Waals surface area contributed by atoms with Crippen LogP contribution in [-0.4, -0.2) is 10.6 Å². The molecular weight excluding hydrogens is 344 g/mol. The number of halogens is 1. The lowest BCUT2D eigenvalue weighted by Crippen LogP contribution is -2.13. The van der Waals surface area contributed by atoms with Crippen molar-refractivity contribution in [2.75, 3.05) is 0 Å². The molecular formula is C18H11BrOS. The smallest absolute Gasteiger partial charge is 0.205 e. The van der Waals surface area contributed by atoms with Gasteiger partial charge in [0.25, 0.3) is 0 Å². The van der Waals surface area contributed by atoms with Crippen LogP contribution in [0.3, 0.4) is 0 Å². The Bertz CT molecular complexity index is 854. The Labute approximate surface area is 136 Å². The molecule has 21 heavy (non-hydrogen) atoms. The summed E-state index contributed by atoms with van der Waals surface area (Å²) < 4.78 is 0.762. The molecule has 0 saturated heterocycles. The van der Waals surface area contributed by atoms with Gasteiger partial charge in [0.15, 0.2) is 0 Å². The molecule has 102 valence electrons. The lowest BCUT2D eigenvalue weighted by Gasteiger charge is -2.07. The van der Waals surface area contributed by atoms with Crippen molar-refractivity contribution in [1.29, 1.82) is 0 Å². The monoisotopic (exact) mass is 354 g/mol. The molecule has 0 fully saturated rings. The highest BCUT2D eigenvalue weighted by Crippen LogP contribution is 2.21.